The predicted molar refractivity (Wildman–Crippen MR) is 47.5 cm³/mol. The SMILES string of the molecule is CCCOCC1OCCC(O)[C@H]1O. The van der Waals surface area contributed by atoms with E-state index in [-0.39, 0.29) is 6.10 Å². The highest BCUT2D eigenvalue weighted by Gasteiger charge is 2.31. The lowest BCUT2D eigenvalue weighted by Crippen LogP contribution is -2.46. The van der Waals surface area contributed by atoms with E-state index in [0.717, 1.165) is 6.42 Å². The summed E-state index contributed by atoms with van der Waals surface area (Å²) < 4.78 is 10.5. The highest BCUT2D eigenvalue weighted by atomic mass is 16.5. The van der Waals surface area contributed by atoms with E-state index in [9.17, 15) is 10.2 Å². The first-order valence-electron chi connectivity index (χ1n) is 4.81. The van der Waals surface area contributed by atoms with Crippen LogP contribution in [0.25, 0.3) is 0 Å². The molecule has 1 fully saturated rings. The predicted octanol–water partition coefficient (Wildman–Crippen LogP) is -0.0763. The normalized spacial score (nSPS) is 34.8. The summed E-state index contributed by atoms with van der Waals surface area (Å²) in [5.74, 6) is 0. The first-order chi connectivity index (χ1) is 6.25. The average molecular weight is 190 g/mol. The Balaban J connectivity index is 2.23. The topological polar surface area (TPSA) is 58.9 Å². The summed E-state index contributed by atoms with van der Waals surface area (Å²) in [7, 11) is 0. The first kappa shape index (κ1) is 10.9. The monoisotopic (exact) mass is 190 g/mol. The molecule has 0 amide bonds. The van der Waals surface area contributed by atoms with Crippen LogP contribution >= 0.6 is 0 Å². The van der Waals surface area contributed by atoms with E-state index in [1.54, 1.807) is 0 Å². The molecule has 1 heterocycles. The molecule has 0 aromatic heterocycles. The Hall–Kier alpha value is -0.160. The Kier molecular flexibility index (Phi) is 4.66. The Bertz CT molecular complexity index is 140. The molecule has 1 aliphatic heterocycles. The molecule has 0 saturated carbocycles. The summed E-state index contributed by atoms with van der Waals surface area (Å²) in [5.41, 5.74) is 0. The number of rotatable bonds is 4. The van der Waals surface area contributed by atoms with E-state index in [1.165, 1.54) is 0 Å². The zero-order chi connectivity index (χ0) is 9.68. The molecule has 78 valence electrons. The molecule has 0 aliphatic carbocycles. The van der Waals surface area contributed by atoms with Crippen molar-refractivity contribution >= 4 is 0 Å². The van der Waals surface area contributed by atoms with Crippen molar-refractivity contribution in [3.05, 3.63) is 0 Å². The van der Waals surface area contributed by atoms with Gasteiger partial charge in [0, 0.05) is 13.2 Å². The Morgan fingerprint density at radius 3 is 2.92 bits per heavy atom. The molecule has 0 aromatic rings. The minimum Gasteiger partial charge on any atom is -0.390 e. The van der Waals surface area contributed by atoms with Gasteiger partial charge < -0.3 is 19.7 Å². The molecular formula is C9H18O4. The van der Waals surface area contributed by atoms with Crippen LogP contribution in [-0.4, -0.2) is 48.3 Å². The van der Waals surface area contributed by atoms with Crippen molar-refractivity contribution < 1.29 is 19.7 Å². The van der Waals surface area contributed by atoms with Crippen molar-refractivity contribution in [1.82, 2.24) is 0 Å². The van der Waals surface area contributed by atoms with Gasteiger partial charge in [0.25, 0.3) is 0 Å². The standard InChI is InChI=1S/C9H18O4/c1-2-4-12-6-8-9(11)7(10)3-5-13-8/h7-11H,2-6H2,1H3/t7?,8?,9-/m1/s1. The molecule has 4 heteroatoms. The van der Waals surface area contributed by atoms with Crippen LogP contribution in [-0.2, 0) is 9.47 Å². The van der Waals surface area contributed by atoms with Crippen LogP contribution < -0.4 is 0 Å². The second kappa shape index (κ2) is 5.54. The minimum atomic E-state index is -0.800. The molecule has 2 N–H and O–H groups in total. The molecule has 2 unspecified atom stereocenters. The van der Waals surface area contributed by atoms with E-state index in [1.807, 2.05) is 6.92 Å². The molecule has 1 aliphatic rings. The fraction of sp³-hybridized carbons (Fsp3) is 1.00. The van der Waals surface area contributed by atoms with Crippen LogP contribution in [0.4, 0.5) is 0 Å². The van der Waals surface area contributed by atoms with Crippen LogP contribution in [0.15, 0.2) is 0 Å². The second-order valence-corrected chi connectivity index (χ2v) is 3.33. The van der Waals surface area contributed by atoms with Gasteiger partial charge in [-0.25, -0.2) is 0 Å². The van der Waals surface area contributed by atoms with Crippen LogP contribution in [0.1, 0.15) is 19.8 Å². The van der Waals surface area contributed by atoms with Crippen molar-refractivity contribution in [2.45, 2.75) is 38.1 Å². The van der Waals surface area contributed by atoms with Gasteiger partial charge in [0.15, 0.2) is 0 Å². The van der Waals surface area contributed by atoms with Gasteiger partial charge in [-0.3, -0.25) is 0 Å². The third-order valence-electron chi connectivity index (χ3n) is 2.15. The summed E-state index contributed by atoms with van der Waals surface area (Å²) in [6, 6.07) is 0. The Morgan fingerprint density at radius 2 is 2.23 bits per heavy atom. The van der Waals surface area contributed by atoms with Crippen LogP contribution in [0.2, 0.25) is 0 Å². The van der Waals surface area contributed by atoms with E-state index >= 15 is 0 Å². The molecule has 1 saturated heterocycles. The van der Waals surface area contributed by atoms with Crippen LogP contribution in [0.5, 0.6) is 0 Å². The zero-order valence-electron chi connectivity index (χ0n) is 7.98. The average Bonchev–Trinajstić information content (AvgIpc) is 2.13. The number of hydrogen-bond donors (Lipinski definition) is 2. The van der Waals surface area contributed by atoms with Crippen molar-refractivity contribution in [2.75, 3.05) is 19.8 Å². The number of aliphatic hydroxyl groups excluding tert-OH is 2. The summed E-state index contributed by atoms with van der Waals surface area (Å²) in [6.07, 6.45) is -0.374. The maximum Gasteiger partial charge on any atom is 0.109 e. The van der Waals surface area contributed by atoms with Crippen molar-refractivity contribution in [3.63, 3.8) is 0 Å². The number of aliphatic hydroxyl groups is 2. The van der Waals surface area contributed by atoms with Crippen molar-refractivity contribution in [2.24, 2.45) is 0 Å². The molecular weight excluding hydrogens is 172 g/mol. The molecule has 0 bridgehead atoms. The minimum absolute atomic E-state index is 0.365. The molecule has 4 nitrogen and oxygen atoms in total. The number of ether oxygens (including phenoxy) is 2. The van der Waals surface area contributed by atoms with Crippen LogP contribution in [0, 0.1) is 0 Å². The molecule has 3 atom stereocenters. The van der Waals surface area contributed by atoms with Gasteiger partial charge in [-0.05, 0) is 12.8 Å². The maximum atomic E-state index is 9.48. The fourth-order valence-electron chi connectivity index (χ4n) is 1.35. The van der Waals surface area contributed by atoms with Gasteiger partial charge in [-0.2, -0.15) is 0 Å². The van der Waals surface area contributed by atoms with E-state index in [2.05, 4.69) is 0 Å². The van der Waals surface area contributed by atoms with Gasteiger partial charge in [0.2, 0.25) is 0 Å². The lowest BCUT2D eigenvalue weighted by atomic mass is 10.0. The van der Waals surface area contributed by atoms with Gasteiger partial charge in [-0.15, -0.1) is 0 Å². The summed E-state index contributed by atoms with van der Waals surface area (Å²) in [5, 5.41) is 18.8. The van der Waals surface area contributed by atoms with E-state index < -0.39 is 12.2 Å². The van der Waals surface area contributed by atoms with E-state index in [0.29, 0.717) is 26.2 Å². The van der Waals surface area contributed by atoms with Gasteiger partial charge >= 0.3 is 0 Å². The Morgan fingerprint density at radius 1 is 1.46 bits per heavy atom. The molecule has 1 rings (SSSR count). The lowest BCUT2D eigenvalue weighted by molar-refractivity contribution is -0.154. The molecule has 13 heavy (non-hydrogen) atoms. The van der Waals surface area contributed by atoms with Crippen molar-refractivity contribution in [3.8, 4) is 0 Å². The lowest BCUT2D eigenvalue weighted by Gasteiger charge is -2.31. The van der Waals surface area contributed by atoms with Gasteiger partial charge in [0.05, 0.1) is 12.7 Å². The van der Waals surface area contributed by atoms with Gasteiger partial charge in [0.1, 0.15) is 12.2 Å². The molecule has 0 spiro atoms. The summed E-state index contributed by atoms with van der Waals surface area (Å²) in [4.78, 5) is 0. The highest BCUT2D eigenvalue weighted by Crippen LogP contribution is 2.14. The Labute approximate surface area is 78.5 Å². The summed E-state index contributed by atoms with van der Waals surface area (Å²) in [6.45, 7) is 3.56. The third kappa shape index (κ3) is 3.23. The third-order valence-corrected chi connectivity index (χ3v) is 2.15. The van der Waals surface area contributed by atoms with E-state index in [4.69, 9.17) is 9.47 Å². The maximum absolute atomic E-state index is 9.48. The largest absolute Gasteiger partial charge is 0.390 e. The number of hydrogen-bond acceptors (Lipinski definition) is 4. The second-order valence-electron chi connectivity index (χ2n) is 3.33. The quantitative estimate of drug-likeness (QED) is 0.609. The molecule has 0 radical (unpaired) electrons. The fourth-order valence-corrected chi connectivity index (χ4v) is 1.35. The van der Waals surface area contributed by atoms with Crippen molar-refractivity contribution in [1.29, 1.82) is 0 Å². The first-order valence-corrected chi connectivity index (χ1v) is 4.81. The highest BCUT2D eigenvalue weighted by molar-refractivity contribution is 4.80. The van der Waals surface area contributed by atoms with Gasteiger partial charge in [-0.1, -0.05) is 6.92 Å². The zero-order valence-corrected chi connectivity index (χ0v) is 7.98. The summed E-state index contributed by atoms with van der Waals surface area (Å²) >= 11 is 0. The van der Waals surface area contributed by atoms with Crippen LogP contribution in [0.3, 0.4) is 0 Å². The smallest absolute Gasteiger partial charge is 0.109 e. The molecule has 0 aromatic carbocycles.